The summed E-state index contributed by atoms with van der Waals surface area (Å²) in [6, 6.07) is 4.65. The molecule has 2 atom stereocenters. The van der Waals surface area contributed by atoms with E-state index in [2.05, 4.69) is 4.99 Å². The second-order valence-electron chi connectivity index (χ2n) is 6.12. The molecule has 1 aromatic rings. The standard InChI is InChI=1S/C19H22N2O5S/c1-6-14-17(22)21-16(12-8-7-11(24-3)9-13(12)25-4)15(18(23)26-5)10(2)20-19(21)27-14/h7-9,14,16H,6H2,1-5H3/t14-,16+/m1/s1. The van der Waals surface area contributed by atoms with E-state index in [0.29, 0.717) is 39.9 Å². The molecule has 2 heterocycles. The molecule has 2 aliphatic rings. The Balaban J connectivity index is 2.21. The van der Waals surface area contributed by atoms with Gasteiger partial charge < -0.3 is 14.2 Å². The van der Waals surface area contributed by atoms with Crippen molar-refractivity contribution in [1.29, 1.82) is 0 Å². The molecule has 0 radical (unpaired) electrons. The lowest BCUT2D eigenvalue weighted by atomic mass is 9.93. The van der Waals surface area contributed by atoms with Crippen LogP contribution in [0.4, 0.5) is 0 Å². The van der Waals surface area contributed by atoms with Crippen LogP contribution in [0, 0.1) is 0 Å². The van der Waals surface area contributed by atoms with Crippen LogP contribution in [-0.4, -0.2) is 48.5 Å². The van der Waals surface area contributed by atoms with Gasteiger partial charge in [-0.25, -0.2) is 9.79 Å². The molecule has 144 valence electrons. The Morgan fingerprint density at radius 1 is 1.26 bits per heavy atom. The molecular formula is C19H22N2O5S. The van der Waals surface area contributed by atoms with E-state index in [0.717, 1.165) is 0 Å². The van der Waals surface area contributed by atoms with Crippen LogP contribution in [0.3, 0.4) is 0 Å². The maximum atomic E-state index is 13.0. The smallest absolute Gasteiger partial charge is 0.338 e. The first-order valence-electron chi connectivity index (χ1n) is 8.56. The third-order valence-corrected chi connectivity index (χ3v) is 5.98. The summed E-state index contributed by atoms with van der Waals surface area (Å²) in [4.78, 5) is 31.7. The van der Waals surface area contributed by atoms with Gasteiger partial charge in [-0.2, -0.15) is 0 Å². The number of aliphatic imine (C=N–C) groups is 1. The number of methoxy groups -OCH3 is 3. The second kappa shape index (κ2) is 7.64. The Labute approximate surface area is 162 Å². The Hall–Kier alpha value is -2.48. The van der Waals surface area contributed by atoms with E-state index in [9.17, 15) is 9.59 Å². The van der Waals surface area contributed by atoms with Crippen LogP contribution >= 0.6 is 11.8 Å². The van der Waals surface area contributed by atoms with Crippen molar-refractivity contribution in [3.05, 3.63) is 35.0 Å². The maximum absolute atomic E-state index is 13.0. The van der Waals surface area contributed by atoms with Crippen molar-refractivity contribution in [1.82, 2.24) is 4.90 Å². The highest BCUT2D eigenvalue weighted by Gasteiger charge is 2.47. The number of fused-ring (bicyclic) bond motifs is 1. The normalized spacial score (nSPS) is 21.7. The number of carbonyl (C=O) groups excluding carboxylic acids is 2. The maximum Gasteiger partial charge on any atom is 0.338 e. The molecule has 1 aromatic carbocycles. The van der Waals surface area contributed by atoms with Crippen LogP contribution in [-0.2, 0) is 14.3 Å². The van der Waals surface area contributed by atoms with Crippen molar-refractivity contribution in [2.24, 2.45) is 4.99 Å². The molecule has 1 fully saturated rings. The SMILES string of the molecule is CC[C@H]1SC2=NC(C)=C(C(=O)OC)[C@H](c3ccc(OC)cc3OC)N2C1=O. The predicted octanol–water partition coefficient (Wildman–Crippen LogP) is 2.92. The first-order valence-corrected chi connectivity index (χ1v) is 9.44. The lowest BCUT2D eigenvalue weighted by Crippen LogP contribution is -2.40. The number of allylic oxidation sites excluding steroid dienone is 1. The van der Waals surface area contributed by atoms with Crippen LogP contribution in [0.2, 0.25) is 0 Å². The third kappa shape index (κ3) is 3.18. The lowest BCUT2D eigenvalue weighted by Gasteiger charge is -2.33. The van der Waals surface area contributed by atoms with Gasteiger partial charge in [0.2, 0.25) is 5.91 Å². The first kappa shape index (κ1) is 19.3. The van der Waals surface area contributed by atoms with E-state index >= 15 is 0 Å². The quantitative estimate of drug-likeness (QED) is 0.720. The molecule has 0 N–H and O–H groups in total. The summed E-state index contributed by atoms with van der Waals surface area (Å²) in [5.74, 6) is 0.552. The zero-order valence-electron chi connectivity index (χ0n) is 15.9. The summed E-state index contributed by atoms with van der Waals surface area (Å²) in [5.41, 5.74) is 1.54. The highest BCUT2D eigenvalue weighted by atomic mass is 32.2. The van der Waals surface area contributed by atoms with E-state index in [1.165, 1.54) is 18.9 Å². The van der Waals surface area contributed by atoms with Crippen LogP contribution < -0.4 is 9.47 Å². The largest absolute Gasteiger partial charge is 0.497 e. The second-order valence-corrected chi connectivity index (χ2v) is 7.29. The summed E-state index contributed by atoms with van der Waals surface area (Å²) in [7, 11) is 4.43. The molecule has 0 unspecified atom stereocenters. The van der Waals surface area contributed by atoms with Gasteiger partial charge in [0, 0.05) is 11.6 Å². The van der Waals surface area contributed by atoms with Crippen molar-refractivity contribution in [2.45, 2.75) is 31.6 Å². The number of rotatable bonds is 5. The van der Waals surface area contributed by atoms with Gasteiger partial charge in [-0.3, -0.25) is 9.69 Å². The minimum absolute atomic E-state index is 0.0713. The number of benzene rings is 1. The van der Waals surface area contributed by atoms with E-state index in [4.69, 9.17) is 14.2 Å². The summed E-state index contributed by atoms with van der Waals surface area (Å²) < 4.78 is 15.8. The minimum Gasteiger partial charge on any atom is -0.497 e. The summed E-state index contributed by atoms with van der Waals surface area (Å²) in [6.45, 7) is 3.71. The van der Waals surface area contributed by atoms with E-state index < -0.39 is 12.0 Å². The topological polar surface area (TPSA) is 77.4 Å². The average molecular weight is 390 g/mol. The Kier molecular flexibility index (Phi) is 5.46. The summed E-state index contributed by atoms with van der Waals surface area (Å²) >= 11 is 1.42. The molecule has 3 rings (SSSR count). The molecule has 1 saturated heterocycles. The number of amides is 1. The average Bonchev–Trinajstić information content (AvgIpc) is 3.01. The molecule has 8 heteroatoms. The molecule has 2 aliphatic heterocycles. The molecule has 0 aromatic heterocycles. The molecular weight excluding hydrogens is 368 g/mol. The van der Waals surface area contributed by atoms with E-state index in [1.807, 2.05) is 6.92 Å². The summed E-state index contributed by atoms with van der Waals surface area (Å²) in [5, 5.41) is 0.375. The lowest BCUT2D eigenvalue weighted by molar-refractivity contribution is -0.137. The number of carbonyl (C=O) groups is 2. The van der Waals surface area contributed by atoms with Gasteiger partial charge in [-0.1, -0.05) is 18.7 Å². The van der Waals surface area contributed by atoms with Gasteiger partial charge in [0.25, 0.3) is 0 Å². The summed E-state index contributed by atoms with van der Waals surface area (Å²) in [6.07, 6.45) is 0.679. The predicted molar refractivity (Wildman–Crippen MR) is 103 cm³/mol. The first-order chi connectivity index (χ1) is 13.0. The number of amidine groups is 1. The zero-order valence-corrected chi connectivity index (χ0v) is 16.8. The van der Waals surface area contributed by atoms with Crippen LogP contribution in [0.1, 0.15) is 31.9 Å². The Morgan fingerprint density at radius 3 is 2.59 bits per heavy atom. The number of ether oxygens (including phenoxy) is 3. The fraction of sp³-hybridized carbons (Fsp3) is 0.421. The van der Waals surface area contributed by atoms with E-state index in [-0.39, 0.29) is 11.2 Å². The minimum atomic E-state index is -0.664. The fourth-order valence-corrected chi connectivity index (χ4v) is 4.43. The number of hydrogen-bond acceptors (Lipinski definition) is 7. The molecule has 0 spiro atoms. The molecule has 1 amide bonds. The number of esters is 1. The van der Waals surface area contributed by atoms with E-state index in [1.54, 1.807) is 44.2 Å². The number of hydrogen-bond donors (Lipinski definition) is 0. The molecule has 27 heavy (non-hydrogen) atoms. The number of thioether (sulfide) groups is 1. The Bertz CT molecular complexity index is 849. The van der Waals surface area contributed by atoms with Gasteiger partial charge in [0.1, 0.15) is 17.5 Å². The molecule has 0 aliphatic carbocycles. The number of nitrogens with zero attached hydrogens (tertiary/aromatic N) is 2. The Morgan fingerprint density at radius 2 is 2.00 bits per heavy atom. The van der Waals surface area contributed by atoms with Crippen LogP contribution in [0.5, 0.6) is 11.5 Å². The van der Waals surface area contributed by atoms with Gasteiger partial charge >= 0.3 is 5.97 Å². The monoisotopic (exact) mass is 390 g/mol. The molecule has 7 nitrogen and oxygen atoms in total. The fourth-order valence-electron chi connectivity index (χ4n) is 3.30. The third-order valence-electron chi connectivity index (χ3n) is 4.66. The van der Waals surface area contributed by atoms with Crippen LogP contribution in [0.15, 0.2) is 34.5 Å². The molecule has 0 saturated carbocycles. The van der Waals surface area contributed by atoms with Gasteiger partial charge in [-0.05, 0) is 25.5 Å². The van der Waals surface area contributed by atoms with Crippen molar-refractivity contribution in [3.63, 3.8) is 0 Å². The van der Waals surface area contributed by atoms with Gasteiger partial charge in [0.15, 0.2) is 5.17 Å². The van der Waals surface area contributed by atoms with Crippen LogP contribution in [0.25, 0.3) is 0 Å². The van der Waals surface area contributed by atoms with Crippen molar-refractivity contribution < 1.29 is 23.8 Å². The van der Waals surface area contributed by atoms with Gasteiger partial charge in [0.05, 0.1) is 37.8 Å². The highest BCUT2D eigenvalue weighted by Crippen LogP contribution is 2.46. The van der Waals surface area contributed by atoms with Gasteiger partial charge in [-0.15, -0.1) is 0 Å². The zero-order chi connectivity index (χ0) is 19.7. The highest BCUT2D eigenvalue weighted by molar-refractivity contribution is 8.15. The van der Waals surface area contributed by atoms with Crippen molar-refractivity contribution >= 4 is 28.8 Å². The van der Waals surface area contributed by atoms with Crippen molar-refractivity contribution in [2.75, 3.05) is 21.3 Å². The molecule has 0 bridgehead atoms. The van der Waals surface area contributed by atoms with Crippen molar-refractivity contribution in [3.8, 4) is 11.5 Å².